The number of aromatic nitrogens is 6. The number of rotatable bonds is 8. The molecule has 2 aromatic carbocycles. The highest BCUT2D eigenvalue weighted by Crippen LogP contribution is 2.34. The second kappa shape index (κ2) is 9.80. The Kier molecular flexibility index (Phi) is 6.67. The highest BCUT2D eigenvalue weighted by Gasteiger charge is 2.20. The summed E-state index contributed by atoms with van der Waals surface area (Å²) in [5, 5.41) is 13.2. The lowest BCUT2D eigenvalue weighted by Gasteiger charge is -2.13. The monoisotopic (exact) mass is 464 g/mol. The SMILES string of the molecule is C=CCn1c(SC(C)c2nc(N)nc(Nc3ccccc3)n2)nnc1-c1ccc(Cl)cc1. The summed E-state index contributed by atoms with van der Waals surface area (Å²) in [7, 11) is 0. The van der Waals surface area contributed by atoms with Gasteiger partial charge in [-0.2, -0.15) is 15.0 Å². The van der Waals surface area contributed by atoms with Crippen LogP contribution in [-0.2, 0) is 6.54 Å². The number of thioether (sulfide) groups is 1. The van der Waals surface area contributed by atoms with Crippen LogP contribution in [-0.4, -0.2) is 29.7 Å². The molecule has 2 aromatic heterocycles. The largest absolute Gasteiger partial charge is 0.368 e. The molecule has 32 heavy (non-hydrogen) atoms. The highest BCUT2D eigenvalue weighted by molar-refractivity contribution is 7.99. The Morgan fingerprint density at radius 2 is 1.84 bits per heavy atom. The number of nitrogens with one attached hydrogen (secondary N) is 1. The minimum Gasteiger partial charge on any atom is -0.368 e. The fourth-order valence-electron chi connectivity index (χ4n) is 2.99. The summed E-state index contributed by atoms with van der Waals surface area (Å²) in [4.78, 5) is 13.1. The van der Waals surface area contributed by atoms with E-state index < -0.39 is 0 Å². The Morgan fingerprint density at radius 1 is 1.09 bits per heavy atom. The van der Waals surface area contributed by atoms with Crippen molar-refractivity contribution in [1.29, 1.82) is 0 Å². The minimum atomic E-state index is -0.151. The van der Waals surface area contributed by atoms with Crippen LogP contribution < -0.4 is 11.1 Å². The van der Waals surface area contributed by atoms with Gasteiger partial charge in [-0.3, -0.25) is 4.57 Å². The van der Waals surface area contributed by atoms with E-state index in [0.717, 1.165) is 22.2 Å². The average Bonchev–Trinajstić information content (AvgIpc) is 3.17. The van der Waals surface area contributed by atoms with Gasteiger partial charge in [-0.15, -0.1) is 16.8 Å². The summed E-state index contributed by atoms with van der Waals surface area (Å²) >= 11 is 7.51. The van der Waals surface area contributed by atoms with Crippen molar-refractivity contribution in [2.75, 3.05) is 11.1 Å². The summed E-state index contributed by atoms with van der Waals surface area (Å²) in [6.07, 6.45) is 1.81. The first-order valence-corrected chi connectivity index (χ1v) is 11.1. The van der Waals surface area contributed by atoms with E-state index in [1.807, 2.05) is 66.1 Å². The maximum absolute atomic E-state index is 6.02. The van der Waals surface area contributed by atoms with E-state index in [0.29, 0.717) is 23.3 Å². The van der Waals surface area contributed by atoms with Crippen molar-refractivity contribution in [3.8, 4) is 11.4 Å². The van der Waals surface area contributed by atoms with Gasteiger partial charge in [-0.05, 0) is 43.3 Å². The predicted molar refractivity (Wildman–Crippen MR) is 129 cm³/mol. The molecule has 3 N–H and O–H groups in total. The van der Waals surface area contributed by atoms with Gasteiger partial charge in [0.2, 0.25) is 11.9 Å². The molecule has 1 atom stereocenters. The molecular weight excluding hydrogens is 444 g/mol. The molecule has 10 heteroatoms. The van der Waals surface area contributed by atoms with Crippen molar-refractivity contribution >= 4 is 40.9 Å². The Labute approximate surface area is 195 Å². The zero-order valence-electron chi connectivity index (χ0n) is 17.3. The molecule has 2 heterocycles. The normalized spacial score (nSPS) is 11.8. The van der Waals surface area contributed by atoms with Crippen LogP contribution in [0.15, 0.2) is 72.4 Å². The maximum atomic E-state index is 6.02. The van der Waals surface area contributed by atoms with Crippen molar-refractivity contribution in [3.05, 3.63) is 78.1 Å². The Balaban J connectivity index is 1.59. The van der Waals surface area contributed by atoms with Crippen LogP contribution in [0.5, 0.6) is 0 Å². The Morgan fingerprint density at radius 3 is 2.56 bits per heavy atom. The number of nitrogen functional groups attached to an aromatic ring is 1. The second-order valence-corrected chi connectivity index (χ2v) is 8.58. The fourth-order valence-corrected chi connectivity index (χ4v) is 4.02. The number of hydrogen-bond donors (Lipinski definition) is 2. The molecule has 4 rings (SSSR count). The van der Waals surface area contributed by atoms with Gasteiger partial charge in [0.25, 0.3) is 0 Å². The lowest BCUT2D eigenvalue weighted by Crippen LogP contribution is -2.09. The molecule has 0 saturated heterocycles. The molecule has 0 radical (unpaired) electrons. The molecular formula is C22H21ClN8S. The van der Waals surface area contributed by atoms with E-state index >= 15 is 0 Å². The lowest BCUT2D eigenvalue weighted by molar-refractivity contribution is 0.727. The van der Waals surface area contributed by atoms with Crippen molar-refractivity contribution < 1.29 is 0 Å². The van der Waals surface area contributed by atoms with Gasteiger partial charge in [0, 0.05) is 22.8 Å². The van der Waals surface area contributed by atoms with Crippen LogP contribution >= 0.6 is 23.4 Å². The number of para-hydroxylation sites is 1. The number of allylic oxidation sites excluding steroid dienone is 1. The smallest absolute Gasteiger partial charge is 0.232 e. The average molecular weight is 465 g/mol. The van der Waals surface area contributed by atoms with Crippen molar-refractivity contribution in [3.63, 3.8) is 0 Å². The van der Waals surface area contributed by atoms with Gasteiger partial charge in [0.05, 0.1) is 5.25 Å². The van der Waals surface area contributed by atoms with E-state index in [4.69, 9.17) is 17.3 Å². The molecule has 0 aliphatic carbocycles. The topological polar surface area (TPSA) is 107 Å². The van der Waals surface area contributed by atoms with Crippen LogP contribution in [0, 0.1) is 0 Å². The first-order valence-electron chi connectivity index (χ1n) is 9.83. The van der Waals surface area contributed by atoms with Gasteiger partial charge < -0.3 is 11.1 Å². The van der Waals surface area contributed by atoms with E-state index in [9.17, 15) is 0 Å². The molecule has 0 amide bonds. The van der Waals surface area contributed by atoms with E-state index in [1.165, 1.54) is 11.8 Å². The molecule has 0 fully saturated rings. The molecule has 0 saturated carbocycles. The van der Waals surface area contributed by atoms with Gasteiger partial charge in [0.15, 0.2) is 11.0 Å². The predicted octanol–water partition coefficient (Wildman–Crippen LogP) is 5.15. The van der Waals surface area contributed by atoms with Gasteiger partial charge in [0.1, 0.15) is 5.82 Å². The third kappa shape index (κ3) is 5.06. The van der Waals surface area contributed by atoms with Gasteiger partial charge >= 0.3 is 0 Å². The molecule has 0 aliphatic rings. The highest BCUT2D eigenvalue weighted by atomic mass is 35.5. The molecule has 0 bridgehead atoms. The Hall–Kier alpha value is -3.43. The third-order valence-electron chi connectivity index (χ3n) is 4.48. The van der Waals surface area contributed by atoms with Crippen LogP contribution in [0.2, 0.25) is 5.02 Å². The van der Waals surface area contributed by atoms with Crippen molar-refractivity contribution in [2.24, 2.45) is 0 Å². The standard InChI is InChI=1S/C22H21ClN8S/c1-3-13-31-19(15-9-11-16(23)12-10-15)29-30-22(31)32-14(2)18-26-20(24)28-21(27-18)25-17-7-5-4-6-8-17/h3-12,14H,1,13H2,2H3,(H3,24,25,26,27,28). The number of hydrogen-bond acceptors (Lipinski definition) is 8. The second-order valence-electron chi connectivity index (χ2n) is 6.84. The van der Waals surface area contributed by atoms with Crippen molar-refractivity contribution in [2.45, 2.75) is 23.9 Å². The van der Waals surface area contributed by atoms with Crippen LogP contribution in [0.4, 0.5) is 17.6 Å². The van der Waals surface area contributed by atoms with Crippen LogP contribution in [0.25, 0.3) is 11.4 Å². The van der Waals surface area contributed by atoms with Gasteiger partial charge in [-0.25, -0.2) is 0 Å². The summed E-state index contributed by atoms with van der Waals surface area (Å²) in [5.41, 5.74) is 7.73. The number of benzene rings is 2. The third-order valence-corrected chi connectivity index (χ3v) is 5.81. The zero-order chi connectivity index (χ0) is 22.5. The number of halogens is 1. The van der Waals surface area contributed by atoms with Gasteiger partial charge in [-0.1, -0.05) is 47.6 Å². The maximum Gasteiger partial charge on any atom is 0.232 e. The molecule has 4 aromatic rings. The van der Waals surface area contributed by atoms with Crippen molar-refractivity contribution in [1.82, 2.24) is 29.7 Å². The van der Waals surface area contributed by atoms with E-state index in [1.54, 1.807) is 6.08 Å². The first-order chi connectivity index (χ1) is 15.5. The molecule has 0 spiro atoms. The molecule has 8 nitrogen and oxygen atoms in total. The molecule has 162 valence electrons. The lowest BCUT2D eigenvalue weighted by atomic mass is 10.2. The minimum absolute atomic E-state index is 0.148. The van der Waals surface area contributed by atoms with E-state index in [-0.39, 0.29) is 11.2 Å². The first kappa shape index (κ1) is 21.8. The van der Waals surface area contributed by atoms with E-state index in [2.05, 4.69) is 37.0 Å². The summed E-state index contributed by atoms with van der Waals surface area (Å²) in [6, 6.07) is 17.1. The fraction of sp³-hybridized carbons (Fsp3) is 0.136. The quantitative estimate of drug-likeness (QED) is 0.272. The summed E-state index contributed by atoms with van der Waals surface area (Å²) in [6.45, 7) is 6.40. The zero-order valence-corrected chi connectivity index (χ0v) is 18.9. The molecule has 0 aliphatic heterocycles. The van der Waals surface area contributed by atoms with Crippen LogP contribution in [0.3, 0.4) is 0 Å². The number of nitrogens with two attached hydrogens (primary N) is 1. The summed E-state index contributed by atoms with van der Waals surface area (Å²) in [5.74, 6) is 1.82. The van der Waals surface area contributed by atoms with Crippen LogP contribution in [0.1, 0.15) is 18.0 Å². The number of anilines is 3. The Bertz CT molecular complexity index is 1210. The summed E-state index contributed by atoms with van der Waals surface area (Å²) < 4.78 is 1.99. The number of nitrogens with zero attached hydrogens (tertiary/aromatic N) is 6. The molecule has 1 unspecified atom stereocenters.